The van der Waals surface area contributed by atoms with E-state index in [9.17, 15) is 13.2 Å². The average Bonchev–Trinajstić information content (AvgIpc) is 2.57. The number of benzene rings is 2. The number of sulfonamides is 1. The summed E-state index contributed by atoms with van der Waals surface area (Å²) < 4.78 is 27.8. The lowest BCUT2D eigenvalue weighted by atomic mass is 10.2. The minimum absolute atomic E-state index is 0.0235. The van der Waals surface area contributed by atoms with Crippen molar-refractivity contribution in [2.24, 2.45) is 0 Å². The van der Waals surface area contributed by atoms with Crippen molar-refractivity contribution in [3.8, 4) is 0 Å². The molecule has 0 aliphatic heterocycles. The third kappa shape index (κ3) is 5.64. The summed E-state index contributed by atoms with van der Waals surface area (Å²) in [7, 11) is -3.63. The number of thiol groups is 1. The highest BCUT2D eigenvalue weighted by molar-refractivity contribution is 7.89. The molecule has 6 nitrogen and oxygen atoms in total. The Kier molecular flexibility index (Phi) is 6.71. The van der Waals surface area contributed by atoms with Crippen LogP contribution in [0.4, 0.5) is 10.5 Å². The van der Waals surface area contributed by atoms with Gasteiger partial charge < -0.3 is 5.32 Å². The van der Waals surface area contributed by atoms with Gasteiger partial charge in [-0.1, -0.05) is 54.2 Å². The lowest BCUT2D eigenvalue weighted by Gasteiger charge is -2.17. The number of para-hydroxylation sites is 1. The number of nitrogens with one attached hydrogen (secondary N) is 2. The Morgan fingerprint density at radius 1 is 1.16 bits per heavy atom. The molecule has 9 heteroatoms. The van der Waals surface area contributed by atoms with E-state index in [0.29, 0.717) is 10.7 Å². The summed E-state index contributed by atoms with van der Waals surface area (Å²) in [6.45, 7) is 1.97. The van der Waals surface area contributed by atoms with E-state index < -0.39 is 16.1 Å². The van der Waals surface area contributed by atoms with Gasteiger partial charge in [-0.25, -0.2) is 17.9 Å². The number of hydrogen-bond acceptors (Lipinski definition) is 4. The van der Waals surface area contributed by atoms with Crippen molar-refractivity contribution in [1.29, 1.82) is 0 Å². The number of amides is 2. The molecule has 2 rings (SSSR count). The number of aryl methyl sites for hydroxylation is 1. The topological polar surface area (TPSA) is 78.5 Å². The van der Waals surface area contributed by atoms with Gasteiger partial charge in [-0.3, -0.25) is 4.31 Å². The van der Waals surface area contributed by atoms with Crippen molar-refractivity contribution in [3.05, 3.63) is 59.1 Å². The van der Waals surface area contributed by atoms with Crippen LogP contribution in [0.2, 0.25) is 5.02 Å². The van der Waals surface area contributed by atoms with E-state index >= 15 is 0 Å². The van der Waals surface area contributed by atoms with Crippen LogP contribution in [0.5, 0.6) is 0 Å². The number of carbonyl (C=O) groups is 1. The number of hydrogen-bond donors (Lipinski definition) is 3. The third-order valence-corrected chi connectivity index (χ3v) is 5.49. The molecule has 0 bridgehead atoms. The Labute approximate surface area is 157 Å². The smallest absolute Gasteiger partial charge is 0.306 e. The van der Waals surface area contributed by atoms with E-state index in [1.54, 1.807) is 36.4 Å². The summed E-state index contributed by atoms with van der Waals surface area (Å²) in [6, 6.07) is 12.8. The number of carbonyl (C=O) groups excluding carboxylic acids is 1. The van der Waals surface area contributed by atoms with Gasteiger partial charge in [0.15, 0.2) is 0 Å². The van der Waals surface area contributed by atoms with Gasteiger partial charge in [0, 0.05) is 13.1 Å². The number of halogens is 1. The molecule has 2 amide bonds. The lowest BCUT2D eigenvalue weighted by Crippen LogP contribution is -2.35. The predicted octanol–water partition coefficient (Wildman–Crippen LogP) is 3.31. The molecule has 0 unspecified atom stereocenters. The van der Waals surface area contributed by atoms with Gasteiger partial charge in [-0.2, -0.15) is 0 Å². The fraction of sp³-hybridized carbons (Fsp3) is 0.188. The molecule has 134 valence electrons. The van der Waals surface area contributed by atoms with Crippen molar-refractivity contribution >= 4 is 46.2 Å². The normalized spacial score (nSPS) is 11.2. The van der Waals surface area contributed by atoms with Crippen LogP contribution >= 0.6 is 24.4 Å². The highest BCUT2D eigenvalue weighted by Crippen LogP contribution is 2.21. The molecular formula is C16H18ClN3O3S2. The van der Waals surface area contributed by atoms with Gasteiger partial charge in [0.25, 0.3) is 0 Å². The SMILES string of the molecule is Cc1ccc(S(=O)(=O)NCCN(S)C(=O)Nc2ccccc2Cl)cc1. The quantitative estimate of drug-likeness (QED) is 0.652. The number of nitrogens with zero attached hydrogens (tertiary/aromatic N) is 1. The first-order valence-corrected chi connectivity index (χ1v) is 9.64. The zero-order valence-electron chi connectivity index (χ0n) is 13.4. The van der Waals surface area contributed by atoms with Gasteiger partial charge in [0.1, 0.15) is 0 Å². The van der Waals surface area contributed by atoms with Crippen molar-refractivity contribution < 1.29 is 13.2 Å². The highest BCUT2D eigenvalue weighted by Gasteiger charge is 2.15. The van der Waals surface area contributed by atoms with Gasteiger partial charge in [0.2, 0.25) is 10.0 Å². The first-order chi connectivity index (χ1) is 11.8. The molecular weight excluding hydrogens is 382 g/mol. The zero-order chi connectivity index (χ0) is 18.4. The van der Waals surface area contributed by atoms with E-state index in [1.807, 2.05) is 6.92 Å². The number of urea groups is 1. The Bertz CT molecular complexity index is 842. The van der Waals surface area contributed by atoms with Crippen LogP contribution in [-0.2, 0) is 10.0 Å². The molecule has 2 aromatic rings. The Morgan fingerprint density at radius 2 is 1.80 bits per heavy atom. The summed E-state index contributed by atoms with van der Waals surface area (Å²) in [5, 5.41) is 3.00. The maximum absolute atomic E-state index is 12.2. The molecule has 2 aromatic carbocycles. The molecule has 0 aromatic heterocycles. The summed E-state index contributed by atoms with van der Waals surface area (Å²) >= 11 is 10.0. The molecule has 0 aliphatic carbocycles. The third-order valence-electron chi connectivity index (χ3n) is 3.30. The van der Waals surface area contributed by atoms with Gasteiger partial charge in [-0.15, -0.1) is 0 Å². The fourth-order valence-corrected chi connectivity index (χ4v) is 3.28. The number of rotatable bonds is 6. The Hall–Kier alpha value is -1.74. The molecule has 2 N–H and O–H groups in total. The van der Waals surface area contributed by atoms with Crippen LogP contribution in [0.25, 0.3) is 0 Å². The van der Waals surface area contributed by atoms with E-state index in [2.05, 4.69) is 22.9 Å². The van der Waals surface area contributed by atoms with Crippen molar-refractivity contribution in [2.75, 3.05) is 18.4 Å². The summed E-state index contributed by atoms with van der Waals surface area (Å²) in [5.41, 5.74) is 1.42. The van der Waals surface area contributed by atoms with Crippen LogP contribution in [0, 0.1) is 6.92 Å². The second-order valence-electron chi connectivity index (χ2n) is 5.24. The Morgan fingerprint density at radius 3 is 2.44 bits per heavy atom. The standard InChI is InChI=1S/C16H18ClN3O3S2/c1-12-6-8-13(9-7-12)25(22,23)18-10-11-20(24)16(21)19-15-5-3-2-4-14(15)17/h2-9,18,24H,10-11H2,1H3,(H,19,21). The molecule has 0 atom stereocenters. The number of anilines is 1. The van der Waals surface area contributed by atoms with Crippen LogP contribution < -0.4 is 10.0 Å². The van der Waals surface area contributed by atoms with Crippen LogP contribution in [0.15, 0.2) is 53.4 Å². The maximum Gasteiger partial charge on any atom is 0.331 e. The fourth-order valence-electron chi connectivity index (χ4n) is 1.93. The first-order valence-electron chi connectivity index (χ1n) is 7.38. The average molecular weight is 400 g/mol. The summed E-state index contributed by atoms with van der Waals surface area (Å²) in [6.07, 6.45) is 0. The first kappa shape index (κ1) is 19.6. The molecule has 0 fully saturated rings. The largest absolute Gasteiger partial charge is 0.331 e. The summed E-state index contributed by atoms with van der Waals surface area (Å²) in [4.78, 5) is 12.2. The van der Waals surface area contributed by atoms with Crippen LogP contribution in [0.1, 0.15) is 5.56 Å². The van der Waals surface area contributed by atoms with Gasteiger partial charge >= 0.3 is 6.03 Å². The zero-order valence-corrected chi connectivity index (χ0v) is 15.9. The molecule has 0 radical (unpaired) electrons. The van der Waals surface area contributed by atoms with Crippen LogP contribution in [-0.4, -0.2) is 31.8 Å². The van der Waals surface area contributed by atoms with Crippen molar-refractivity contribution in [2.45, 2.75) is 11.8 Å². The maximum atomic E-state index is 12.2. The van der Waals surface area contributed by atoms with Crippen LogP contribution in [0.3, 0.4) is 0 Å². The second kappa shape index (κ2) is 8.57. The van der Waals surface area contributed by atoms with Gasteiger partial charge in [-0.05, 0) is 31.2 Å². The molecule has 25 heavy (non-hydrogen) atoms. The Balaban J connectivity index is 1.87. The molecule has 0 saturated heterocycles. The van der Waals surface area contributed by atoms with E-state index in [1.165, 1.54) is 12.1 Å². The highest BCUT2D eigenvalue weighted by atomic mass is 35.5. The molecule has 0 heterocycles. The predicted molar refractivity (Wildman–Crippen MR) is 103 cm³/mol. The molecule has 0 aliphatic rings. The van der Waals surface area contributed by atoms with E-state index in [-0.39, 0.29) is 18.0 Å². The lowest BCUT2D eigenvalue weighted by molar-refractivity contribution is 0.239. The minimum atomic E-state index is -3.63. The minimum Gasteiger partial charge on any atom is -0.306 e. The van der Waals surface area contributed by atoms with Gasteiger partial charge in [0.05, 0.1) is 15.6 Å². The second-order valence-corrected chi connectivity index (χ2v) is 7.90. The summed E-state index contributed by atoms with van der Waals surface area (Å²) in [5.74, 6) is 0. The molecule has 0 saturated carbocycles. The molecule has 0 spiro atoms. The van der Waals surface area contributed by atoms with Crippen molar-refractivity contribution in [1.82, 2.24) is 9.03 Å². The van der Waals surface area contributed by atoms with E-state index in [0.717, 1.165) is 9.87 Å². The monoisotopic (exact) mass is 399 g/mol. The van der Waals surface area contributed by atoms with E-state index in [4.69, 9.17) is 11.6 Å². The van der Waals surface area contributed by atoms with Crippen molar-refractivity contribution in [3.63, 3.8) is 0 Å².